The number of thiophene rings is 1. The molecule has 0 radical (unpaired) electrons. The summed E-state index contributed by atoms with van der Waals surface area (Å²) in [6.45, 7) is 4.77. The van der Waals surface area contributed by atoms with Crippen molar-refractivity contribution < 1.29 is 5.11 Å². The van der Waals surface area contributed by atoms with Crippen LogP contribution in [0.15, 0.2) is 39.5 Å². The van der Waals surface area contributed by atoms with E-state index in [2.05, 4.69) is 54.0 Å². The van der Waals surface area contributed by atoms with Crippen LogP contribution >= 0.6 is 27.3 Å². The summed E-state index contributed by atoms with van der Waals surface area (Å²) in [6.07, 6.45) is -0.563. The molecule has 0 saturated heterocycles. The molecule has 2 nitrogen and oxygen atoms in total. The van der Waals surface area contributed by atoms with Crippen LogP contribution in [-0.2, 0) is 0 Å². The van der Waals surface area contributed by atoms with Gasteiger partial charge in [-0.1, -0.05) is 38.1 Å². The van der Waals surface area contributed by atoms with Gasteiger partial charge in [-0.25, -0.2) is 0 Å². The van der Waals surface area contributed by atoms with Crippen LogP contribution in [0.1, 0.15) is 48.5 Å². The van der Waals surface area contributed by atoms with Gasteiger partial charge in [0.1, 0.15) is 0 Å². The smallest absolute Gasteiger partial charge is 0.0879 e. The molecule has 0 saturated carbocycles. The topological polar surface area (TPSA) is 46.2 Å². The molecule has 0 spiro atoms. The molecule has 108 valence electrons. The Labute approximate surface area is 132 Å². The zero-order chi connectivity index (χ0) is 14.7. The molecule has 20 heavy (non-hydrogen) atoms. The highest BCUT2D eigenvalue weighted by Gasteiger charge is 2.22. The van der Waals surface area contributed by atoms with Gasteiger partial charge in [0.2, 0.25) is 0 Å². The minimum Gasteiger partial charge on any atom is -0.388 e. The molecule has 0 aliphatic heterocycles. The van der Waals surface area contributed by atoms with Crippen molar-refractivity contribution in [2.45, 2.75) is 31.8 Å². The Hall–Kier alpha value is -0.680. The van der Waals surface area contributed by atoms with Crippen LogP contribution in [0.25, 0.3) is 0 Å². The Morgan fingerprint density at radius 2 is 1.75 bits per heavy atom. The first kappa shape index (κ1) is 15.7. The number of aliphatic hydroxyl groups excluding tert-OH is 1. The number of hydrogen-bond acceptors (Lipinski definition) is 3. The van der Waals surface area contributed by atoms with Crippen LogP contribution in [0.4, 0.5) is 0 Å². The van der Waals surface area contributed by atoms with Gasteiger partial charge in [0.25, 0.3) is 0 Å². The zero-order valence-electron chi connectivity index (χ0n) is 11.7. The van der Waals surface area contributed by atoms with E-state index in [1.165, 1.54) is 5.56 Å². The molecule has 2 atom stereocenters. The van der Waals surface area contributed by atoms with E-state index in [0.29, 0.717) is 12.5 Å². The van der Waals surface area contributed by atoms with Crippen molar-refractivity contribution in [1.29, 1.82) is 0 Å². The summed E-state index contributed by atoms with van der Waals surface area (Å²) >= 11 is 5.01. The summed E-state index contributed by atoms with van der Waals surface area (Å²) in [5.74, 6) is 0.441. The predicted molar refractivity (Wildman–Crippen MR) is 89.3 cm³/mol. The maximum absolute atomic E-state index is 10.5. The van der Waals surface area contributed by atoms with Crippen LogP contribution in [0.2, 0.25) is 0 Å². The Morgan fingerprint density at radius 1 is 1.15 bits per heavy atom. The molecule has 1 aromatic carbocycles. The third-order valence-corrected chi connectivity index (χ3v) is 5.12. The fourth-order valence-electron chi connectivity index (χ4n) is 2.29. The van der Waals surface area contributed by atoms with E-state index in [4.69, 9.17) is 5.73 Å². The van der Waals surface area contributed by atoms with Crippen molar-refractivity contribution in [3.05, 3.63) is 56.2 Å². The molecular formula is C16H20BrNOS. The SMILES string of the molecule is CC(C)c1ccc(C(CN)C(O)c2csc(Br)c2)cc1. The van der Waals surface area contributed by atoms with Gasteiger partial charge >= 0.3 is 0 Å². The summed E-state index contributed by atoms with van der Waals surface area (Å²) in [6, 6.07) is 10.4. The molecule has 0 amide bonds. The molecule has 1 heterocycles. The molecule has 0 fully saturated rings. The Morgan fingerprint density at radius 3 is 2.20 bits per heavy atom. The highest BCUT2D eigenvalue weighted by molar-refractivity contribution is 9.11. The van der Waals surface area contributed by atoms with Gasteiger partial charge in [0.05, 0.1) is 9.89 Å². The number of aliphatic hydroxyl groups is 1. The monoisotopic (exact) mass is 353 g/mol. The molecule has 3 N–H and O–H groups in total. The van der Waals surface area contributed by atoms with Gasteiger partial charge < -0.3 is 10.8 Å². The fraction of sp³-hybridized carbons (Fsp3) is 0.375. The third-order valence-electron chi connectivity index (χ3n) is 3.60. The summed E-state index contributed by atoms with van der Waals surface area (Å²) in [4.78, 5) is 0. The average molecular weight is 354 g/mol. The largest absolute Gasteiger partial charge is 0.388 e. The first-order valence-electron chi connectivity index (χ1n) is 6.74. The number of nitrogens with two attached hydrogens (primary N) is 1. The van der Waals surface area contributed by atoms with Gasteiger partial charge in [0.15, 0.2) is 0 Å². The Kier molecular flexibility index (Phi) is 5.38. The van der Waals surface area contributed by atoms with Gasteiger partial charge in [-0.2, -0.15) is 0 Å². The molecule has 4 heteroatoms. The quantitative estimate of drug-likeness (QED) is 0.835. The van der Waals surface area contributed by atoms with Gasteiger partial charge in [0, 0.05) is 12.5 Å². The number of hydrogen-bond donors (Lipinski definition) is 2. The highest BCUT2D eigenvalue weighted by Crippen LogP contribution is 2.34. The summed E-state index contributed by atoms with van der Waals surface area (Å²) in [5, 5.41) is 12.5. The lowest BCUT2D eigenvalue weighted by Gasteiger charge is -2.22. The third kappa shape index (κ3) is 3.50. The second kappa shape index (κ2) is 6.85. The summed E-state index contributed by atoms with van der Waals surface area (Å²) < 4.78 is 1.03. The summed E-state index contributed by atoms with van der Waals surface area (Å²) in [5.41, 5.74) is 9.19. The lowest BCUT2D eigenvalue weighted by atomic mass is 9.89. The van der Waals surface area contributed by atoms with E-state index < -0.39 is 6.10 Å². The van der Waals surface area contributed by atoms with Crippen LogP contribution in [0.5, 0.6) is 0 Å². The maximum atomic E-state index is 10.5. The van der Waals surface area contributed by atoms with E-state index in [1.807, 2.05) is 11.4 Å². The van der Waals surface area contributed by atoms with E-state index in [9.17, 15) is 5.11 Å². The van der Waals surface area contributed by atoms with Crippen molar-refractivity contribution in [3.63, 3.8) is 0 Å². The lowest BCUT2D eigenvalue weighted by Crippen LogP contribution is -2.19. The van der Waals surface area contributed by atoms with E-state index >= 15 is 0 Å². The minimum atomic E-state index is -0.563. The molecule has 1 aromatic heterocycles. The van der Waals surface area contributed by atoms with Gasteiger partial charge in [-0.05, 0) is 50.0 Å². The molecule has 0 bridgehead atoms. The van der Waals surface area contributed by atoms with Crippen molar-refractivity contribution in [2.24, 2.45) is 5.73 Å². The van der Waals surface area contributed by atoms with E-state index in [1.54, 1.807) is 11.3 Å². The number of halogens is 1. The average Bonchev–Trinajstić information content (AvgIpc) is 2.86. The predicted octanol–water partition coefficient (Wildman–Crippen LogP) is 4.41. The second-order valence-corrected chi connectivity index (χ2v) is 7.58. The lowest BCUT2D eigenvalue weighted by molar-refractivity contribution is 0.148. The van der Waals surface area contributed by atoms with Crippen molar-refractivity contribution >= 4 is 27.3 Å². The van der Waals surface area contributed by atoms with Crippen LogP contribution < -0.4 is 5.73 Å². The Balaban J connectivity index is 2.23. The van der Waals surface area contributed by atoms with E-state index in [-0.39, 0.29) is 5.92 Å². The molecule has 2 aromatic rings. The standard InChI is InChI=1S/C16H20BrNOS/c1-10(2)11-3-5-12(6-4-11)14(8-18)16(19)13-7-15(17)20-9-13/h3-7,9-10,14,16,19H,8,18H2,1-2H3. The number of rotatable bonds is 5. The minimum absolute atomic E-state index is 0.0716. The maximum Gasteiger partial charge on any atom is 0.0879 e. The Bertz CT molecular complexity index is 550. The summed E-state index contributed by atoms with van der Waals surface area (Å²) in [7, 11) is 0. The zero-order valence-corrected chi connectivity index (χ0v) is 14.1. The van der Waals surface area contributed by atoms with Crippen molar-refractivity contribution in [3.8, 4) is 0 Å². The van der Waals surface area contributed by atoms with Crippen LogP contribution in [0, 0.1) is 0 Å². The molecule has 2 rings (SSSR count). The molecule has 0 aliphatic carbocycles. The normalized spacial score (nSPS) is 14.5. The molecule has 0 aliphatic rings. The van der Waals surface area contributed by atoms with Crippen LogP contribution in [0.3, 0.4) is 0 Å². The van der Waals surface area contributed by atoms with Gasteiger partial charge in [-0.15, -0.1) is 11.3 Å². The van der Waals surface area contributed by atoms with Gasteiger partial charge in [-0.3, -0.25) is 0 Å². The molecular weight excluding hydrogens is 334 g/mol. The highest BCUT2D eigenvalue weighted by atomic mass is 79.9. The van der Waals surface area contributed by atoms with E-state index in [0.717, 1.165) is 14.9 Å². The molecule has 2 unspecified atom stereocenters. The van der Waals surface area contributed by atoms with Crippen molar-refractivity contribution in [1.82, 2.24) is 0 Å². The van der Waals surface area contributed by atoms with Crippen molar-refractivity contribution in [2.75, 3.05) is 6.54 Å². The first-order valence-corrected chi connectivity index (χ1v) is 8.42. The fourth-order valence-corrected chi connectivity index (χ4v) is 3.49. The second-order valence-electron chi connectivity index (χ2n) is 5.29. The number of benzene rings is 1. The van der Waals surface area contributed by atoms with Crippen LogP contribution in [-0.4, -0.2) is 11.7 Å². The first-order chi connectivity index (χ1) is 9.52.